The van der Waals surface area contributed by atoms with Gasteiger partial charge >= 0.3 is 11.9 Å². The number of carboxylic acid groups (broad SMARTS) is 1. The molecule has 6 N–H and O–H groups in total. The number of hydrogen-bond acceptors (Lipinski definition) is 15. The first-order valence-corrected chi connectivity index (χ1v) is 27.6. The van der Waals surface area contributed by atoms with Crippen molar-refractivity contribution in [2.75, 3.05) is 72.6 Å². The molecule has 73 heavy (non-hydrogen) atoms. The Balaban J connectivity index is 0.000000359. The fourth-order valence-corrected chi connectivity index (χ4v) is 8.46. The van der Waals surface area contributed by atoms with Gasteiger partial charge in [0.1, 0.15) is 23.5 Å². The molecule has 3 aromatic rings. The van der Waals surface area contributed by atoms with Crippen molar-refractivity contribution < 1.29 is 57.1 Å². The normalized spacial score (nSPS) is 14.5. The summed E-state index contributed by atoms with van der Waals surface area (Å²) in [5.74, 6) is -2.66. The molecule has 406 valence electrons. The van der Waals surface area contributed by atoms with Crippen LogP contribution >= 0.6 is 42.2 Å². The monoisotopic (exact) mass is 1100 g/mol. The van der Waals surface area contributed by atoms with Gasteiger partial charge in [-0.05, 0) is 108 Å². The van der Waals surface area contributed by atoms with Gasteiger partial charge in [-0.2, -0.15) is 15.0 Å². The molecule has 0 saturated carbocycles. The fourth-order valence-electron chi connectivity index (χ4n) is 7.21. The summed E-state index contributed by atoms with van der Waals surface area (Å²) in [6, 6.07) is 7.43. The van der Waals surface area contributed by atoms with Crippen molar-refractivity contribution in [3.63, 3.8) is 0 Å². The first-order valence-electron chi connectivity index (χ1n) is 24.0. The quantitative estimate of drug-likeness (QED) is 0.0207. The Morgan fingerprint density at radius 1 is 1.00 bits per heavy atom. The molecule has 3 amide bonds. The molecule has 3 atom stereocenters. The number of aryl methyl sites for hydroxylation is 2. The number of anilines is 4. The number of hydrogen-bond donors (Lipinski definition) is 5. The van der Waals surface area contributed by atoms with Crippen molar-refractivity contribution in [3.8, 4) is 5.75 Å². The Morgan fingerprint density at radius 2 is 1.63 bits per heavy atom. The fraction of sp³-hybridized carbons (Fsp3) is 0.551. The SMILES string of the molecule is CCCCCOC(=O)COc1cc(N2C(=O)C3=C(CCCC3)C2=O)c(F)cc1Cl.CCNc1nc(Cl)nc(NC(C)C)n1.CCc1cccc(C)c1N(C(=O)CCl)C(C)COC.CP(=O)(O)CCC(N)C(=O)O. The Bertz CT molecular complexity index is 2380. The lowest BCUT2D eigenvalue weighted by molar-refractivity contribution is -0.146. The number of alkyl halides is 1. The molecule has 0 radical (unpaired) electrons. The third-order valence-corrected chi connectivity index (χ3v) is 12.5. The molecular formula is C49H71Cl3FN8O11P. The zero-order chi connectivity index (χ0) is 55.0. The molecule has 0 spiro atoms. The maximum Gasteiger partial charge on any atom is 0.344 e. The topological polar surface area (TPSA) is 266 Å². The molecule has 24 heteroatoms. The van der Waals surface area contributed by atoms with E-state index in [2.05, 4.69) is 38.6 Å². The van der Waals surface area contributed by atoms with Crippen LogP contribution < -0.4 is 30.9 Å². The van der Waals surface area contributed by atoms with Crippen LogP contribution in [0.25, 0.3) is 0 Å². The number of carboxylic acids is 1. The van der Waals surface area contributed by atoms with E-state index in [-0.39, 0.29) is 58.2 Å². The van der Waals surface area contributed by atoms with E-state index in [0.29, 0.717) is 49.1 Å². The molecule has 5 rings (SSSR count). The summed E-state index contributed by atoms with van der Waals surface area (Å²) < 4.78 is 40.8. The van der Waals surface area contributed by atoms with E-state index in [9.17, 15) is 32.9 Å². The minimum absolute atomic E-state index is 0.000883. The van der Waals surface area contributed by atoms with Crippen molar-refractivity contribution in [2.24, 2.45) is 5.73 Å². The van der Waals surface area contributed by atoms with E-state index in [0.717, 1.165) is 72.9 Å². The van der Waals surface area contributed by atoms with Crippen molar-refractivity contribution in [1.82, 2.24) is 15.0 Å². The number of para-hydroxylation sites is 1. The maximum atomic E-state index is 14.5. The van der Waals surface area contributed by atoms with Crippen LogP contribution in [0.15, 0.2) is 41.5 Å². The van der Waals surface area contributed by atoms with Gasteiger partial charge in [0, 0.05) is 49.7 Å². The van der Waals surface area contributed by atoms with Gasteiger partial charge in [0.15, 0.2) is 14.0 Å². The van der Waals surface area contributed by atoms with Gasteiger partial charge in [0.25, 0.3) is 11.8 Å². The third-order valence-electron chi connectivity index (χ3n) is 10.7. The van der Waals surface area contributed by atoms with E-state index in [1.54, 1.807) is 12.0 Å². The zero-order valence-corrected chi connectivity index (χ0v) is 46.2. The maximum absolute atomic E-state index is 14.5. The van der Waals surface area contributed by atoms with Gasteiger partial charge in [0.2, 0.25) is 23.1 Å². The minimum atomic E-state index is -3.10. The highest BCUT2D eigenvalue weighted by atomic mass is 35.5. The summed E-state index contributed by atoms with van der Waals surface area (Å²) in [6.45, 7) is 16.4. The number of nitrogens with one attached hydrogen (secondary N) is 2. The number of rotatable bonds is 22. The number of methoxy groups -OCH3 is 1. The molecule has 1 aliphatic carbocycles. The smallest absolute Gasteiger partial charge is 0.344 e. The molecule has 0 fully saturated rings. The molecule has 2 heterocycles. The van der Waals surface area contributed by atoms with Crippen LogP contribution in [0, 0.1) is 12.7 Å². The van der Waals surface area contributed by atoms with Crippen molar-refractivity contribution in [3.05, 3.63) is 68.7 Å². The third kappa shape index (κ3) is 21.4. The van der Waals surface area contributed by atoms with Crippen molar-refractivity contribution in [1.29, 1.82) is 0 Å². The molecule has 3 unspecified atom stereocenters. The summed E-state index contributed by atoms with van der Waals surface area (Å²) in [4.78, 5) is 82.8. The van der Waals surface area contributed by atoms with Crippen molar-refractivity contribution in [2.45, 2.75) is 124 Å². The summed E-state index contributed by atoms with van der Waals surface area (Å²) in [6.07, 6.45) is 6.28. The Kier molecular flexibility index (Phi) is 28.5. The molecule has 0 bridgehead atoms. The number of amides is 3. The van der Waals surface area contributed by atoms with E-state index in [1.807, 2.05) is 53.7 Å². The molecule has 0 saturated heterocycles. The minimum Gasteiger partial charge on any atom is -0.480 e. The number of aromatic nitrogens is 3. The van der Waals surface area contributed by atoms with Crippen LogP contribution in [-0.2, 0) is 44.4 Å². The second kappa shape index (κ2) is 32.4. The number of imide groups is 1. The summed E-state index contributed by atoms with van der Waals surface area (Å²) in [5, 5.41) is 14.4. The number of nitrogens with zero attached hydrogens (tertiary/aromatic N) is 5. The average Bonchev–Trinajstić information content (AvgIpc) is 3.58. The molecule has 1 aromatic heterocycles. The molecule has 2 aliphatic rings. The van der Waals surface area contributed by atoms with Gasteiger partial charge in [-0.1, -0.05) is 56.5 Å². The van der Waals surface area contributed by atoms with Crippen LogP contribution in [0.4, 0.5) is 27.7 Å². The lowest BCUT2D eigenvalue weighted by Crippen LogP contribution is -2.43. The number of benzene rings is 2. The summed E-state index contributed by atoms with van der Waals surface area (Å²) >= 11 is 17.5. The number of aliphatic carboxylic acids is 1. The molecule has 1 aliphatic heterocycles. The van der Waals surface area contributed by atoms with Crippen LogP contribution in [0.5, 0.6) is 5.75 Å². The number of nitrogens with two attached hydrogens (primary N) is 1. The van der Waals surface area contributed by atoms with Gasteiger partial charge < -0.3 is 45.5 Å². The molecule has 2 aromatic carbocycles. The van der Waals surface area contributed by atoms with E-state index < -0.39 is 49.6 Å². The predicted molar refractivity (Wildman–Crippen MR) is 284 cm³/mol. The lowest BCUT2D eigenvalue weighted by atomic mass is 9.93. The molecule has 19 nitrogen and oxygen atoms in total. The highest BCUT2D eigenvalue weighted by Gasteiger charge is 2.41. The Morgan fingerprint density at radius 3 is 2.16 bits per heavy atom. The number of esters is 1. The van der Waals surface area contributed by atoms with Gasteiger partial charge in [0.05, 0.1) is 35.7 Å². The highest BCUT2D eigenvalue weighted by molar-refractivity contribution is 7.57. The first kappa shape index (κ1) is 64.2. The number of halogens is 4. The Labute approximate surface area is 442 Å². The van der Waals surface area contributed by atoms with Crippen molar-refractivity contribution >= 4 is 95.1 Å². The van der Waals surface area contributed by atoms with E-state index >= 15 is 0 Å². The summed E-state index contributed by atoms with van der Waals surface area (Å²) in [5.41, 5.74) is 8.98. The standard InChI is InChI=1S/C21H23ClFNO5.C15H22ClNO2.C8H14ClN5.C5H12NO4P/c1-2-3-6-9-28-19(25)12-29-18-11-17(16(23)10-15(18)22)24-20(26)13-7-4-5-8-14(13)21(24)27;1-5-13-8-6-7-11(2)15(13)17(14(18)9-16)12(3)10-19-4;1-4-10-7-12-6(9)13-8(14-7)11-5(2)3;1-11(9,10)3-2-4(6)5(7)8/h10-11H,2-9,12H2,1H3;6-8,12H,5,9-10H2,1-4H3;5H,4H2,1-3H3,(H2,10,11,12,13,14);4H,2-3,6H2,1H3,(H,7,8)(H,9,10). The Hall–Kier alpha value is -4.95. The first-order chi connectivity index (χ1) is 34.4. The second-order valence-corrected chi connectivity index (χ2v) is 20.8. The average molecular weight is 1100 g/mol. The number of ether oxygens (including phenoxy) is 3. The van der Waals surface area contributed by atoms with Gasteiger partial charge in [-0.15, -0.1) is 11.6 Å². The number of carbonyl (C=O) groups is 5. The highest BCUT2D eigenvalue weighted by Crippen LogP contribution is 2.40. The van der Waals surface area contributed by atoms with Gasteiger partial charge in [-0.25, -0.2) is 14.1 Å². The molecular weight excluding hydrogens is 1030 g/mol. The second-order valence-electron chi connectivity index (χ2n) is 17.3. The number of carbonyl (C=O) groups excluding carboxylic acids is 4. The lowest BCUT2D eigenvalue weighted by Gasteiger charge is -2.31. The largest absolute Gasteiger partial charge is 0.480 e. The van der Waals surface area contributed by atoms with E-state index in [1.165, 1.54) is 12.7 Å². The van der Waals surface area contributed by atoms with Crippen LogP contribution in [0.3, 0.4) is 0 Å². The zero-order valence-electron chi connectivity index (χ0n) is 43.1. The van der Waals surface area contributed by atoms with Crippen LogP contribution in [0.2, 0.25) is 10.3 Å². The van der Waals surface area contributed by atoms with Crippen LogP contribution in [0.1, 0.15) is 104 Å². The summed E-state index contributed by atoms with van der Waals surface area (Å²) in [7, 11) is -1.47. The van der Waals surface area contributed by atoms with Gasteiger partial charge in [-0.3, -0.25) is 23.7 Å². The van der Waals surface area contributed by atoms with Crippen LogP contribution in [-0.4, -0.2) is 125 Å². The predicted octanol–water partition coefficient (Wildman–Crippen LogP) is 8.96. The van der Waals surface area contributed by atoms with E-state index in [4.69, 9.17) is 64.7 Å². The number of unbranched alkanes of at least 4 members (excludes halogenated alkanes) is 2.